The van der Waals surface area contributed by atoms with Crippen LogP contribution in [0.1, 0.15) is 36.7 Å². The maximum Gasteiger partial charge on any atom is 0.202 e. The number of rotatable bonds is 2. The van der Waals surface area contributed by atoms with Gasteiger partial charge in [-0.2, -0.15) is 0 Å². The fourth-order valence-electron chi connectivity index (χ4n) is 2.93. The van der Waals surface area contributed by atoms with Gasteiger partial charge in [-0.25, -0.2) is 4.99 Å². The smallest absolute Gasteiger partial charge is 0.202 e. The van der Waals surface area contributed by atoms with E-state index < -0.39 is 5.41 Å². The number of benzene rings is 1. The van der Waals surface area contributed by atoms with Crippen molar-refractivity contribution in [2.45, 2.75) is 31.7 Å². The molecule has 4 nitrogen and oxygen atoms in total. The van der Waals surface area contributed by atoms with Gasteiger partial charge in [0.1, 0.15) is 17.8 Å². The van der Waals surface area contributed by atoms with Gasteiger partial charge < -0.3 is 9.47 Å². The van der Waals surface area contributed by atoms with Crippen molar-refractivity contribution in [3.63, 3.8) is 0 Å². The highest BCUT2D eigenvalue weighted by Gasteiger charge is 2.48. The number of fused-ring (bicyclic) bond motifs is 1. The van der Waals surface area contributed by atoms with Gasteiger partial charge in [0.15, 0.2) is 5.78 Å². The van der Waals surface area contributed by atoms with Gasteiger partial charge in [0.05, 0.1) is 12.6 Å². The van der Waals surface area contributed by atoms with E-state index in [2.05, 4.69) is 0 Å². The number of allylic oxidation sites excluding steroid dienone is 1. The van der Waals surface area contributed by atoms with Crippen molar-refractivity contribution >= 4 is 11.7 Å². The van der Waals surface area contributed by atoms with E-state index in [1.165, 1.54) is 0 Å². The molecule has 0 spiro atoms. The molecule has 0 N–H and O–H groups in total. The van der Waals surface area contributed by atoms with E-state index in [1.807, 2.05) is 45.0 Å². The Bertz CT molecular complexity index is 672. The van der Waals surface area contributed by atoms with Crippen molar-refractivity contribution in [3.8, 4) is 0 Å². The molecule has 21 heavy (non-hydrogen) atoms. The van der Waals surface area contributed by atoms with Gasteiger partial charge in [0.2, 0.25) is 5.90 Å². The SMILES string of the molecule is COC1=CC(=O)c2ccccc2[C@@]1(C)C1=NC(C)(C)CO1. The molecule has 1 aromatic rings. The lowest BCUT2D eigenvalue weighted by Crippen LogP contribution is -2.40. The van der Waals surface area contributed by atoms with E-state index in [1.54, 1.807) is 13.2 Å². The first-order chi connectivity index (χ1) is 9.88. The van der Waals surface area contributed by atoms with Gasteiger partial charge in [0.25, 0.3) is 0 Å². The Balaban J connectivity index is 2.23. The lowest BCUT2D eigenvalue weighted by Gasteiger charge is -2.34. The Kier molecular flexibility index (Phi) is 2.94. The topological polar surface area (TPSA) is 47.9 Å². The monoisotopic (exact) mass is 285 g/mol. The molecule has 0 fully saturated rings. The summed E-state index contributed by atoms with van der Waals surface area (Å²) in [6, 6.07) is 7.56. The van der Waals surface area contributed by atoms with Crippen LogP contribution in [-0.4, -0.2) is 30.9 Å². The number of methoxy groups -OCH3 is 1. The molecular formula is C17H19NO3. The Hall–Kier alpha value is -2.10. The molecule has 2 aliphatic rings. The van der Waals surface area contributed by atoms with Gasteiger partial charge in [-0.1, -0.05) is 24.3 Å². The molecule has 3 rings (SSSR count). The van der Waals surface area contributed by atoms with Crippen molar-refractivity contribution in [1.29, 1.82) is 0 Å². The summed E-state index contributed by atoms with van der Waals surface area (Å²) in [6.07, 6.45) is 1.54. The average Bonchev–Trinajstić information content (AvgIpc) is 2.83. The van der Waals surface area contributed by atoms with Gasteiger partial charge in [0, 0.05) is 11.6 Å². The highest BCUT2D eigenvalue weighted by molar-refractivity contribution is 6.11. The quantitative estimate of drug-likeness (QED) is 0.839. The molecule has 0 amide bonds. The van der Waals surface area contributed by atoms with Crippen LogP contribution < -0.4 is 0 Å². The molecule has 0 aromatic heterocycles. The van der Waals surface area contributed by atoms with Crippen LogP contribution >= 0.6 is 0 Å². The molecule has 1 aliphatic carbocycles. The third kappa shape index (κ3) is 1.97. The number of hydrogen-bond acceptors (Lipinski definition) is 4. The molecule has 1 heterocycles. The second-order valence-corrected chi connectivity index (χ2v) is 6.27. The summed E-state index contributed by atoms with van der Waals surface area (Å²) in [6.45, 7) is 6.58. The Morgan fingerprint density at radius 2 is 1.95 bits per heavy atom. The summed E-state index contributed by atoms with van der Waals surface area (Å²) in [5, 5.41) is 0. The molecule has 1 atom stereocenters. The van der Waals surface area contributed by atoms with E-state index in [9.17, 15) is 4.79 Å². The highest BCUT2D eigenvalue weighted by atomic mass is 16.5. The van der Waals surface area contributed by atoms with E-state index in [4.69, 9.17) is 14.5 Å². The third-order valence-electron chi connectivity index (χ3n) is 4.10. The fourth-order valence-corrected chi connectivity index (χ4v) is 2.93. The van der Waals surface area contributed by atoms with Crippen LogP contribution in [0.4, 0.5) is 0 Å². The number of hydrogen-bond donors (Lipinski definition) is 0. The van der Waals surface area contributed by atoms with E-state index in [0.717, 1.165) is 5.56 Å². The van der Waals surface area contributed by atoms with Crippen LogP contribution in [0.15, 0.2) is 41.1 Å². The van der Waals surface area contributed by atoms with Gasteiger partial charge in [-0.05, 0) is 26.3 Å². The Morgan fingerprint density at radius 3 is 2.57 bits per heavy atom. The van der Waals surface area contributed by atoms with Crippen LogP contribution in [-0.2, 0) is 14.9 Å². The second kappa shape index (κ2) is 4.45. The molecule has 110 valence electrons. The summed E-state index contributed by atoms with van der Waals surface area (Å²) in [4.78, 5) is 16.9. The van der Waals surface area contributed by atoms with Crippen molar-refractivity contribution in [1.82, 2.24) is 0 Å². The standard InChI is InChI=1S/C17H19NO3/c1-16(2)10-21-15(18-16)17(3)12-8-6-5-7-11(12)13(19)9-14(17)20-4/h5-9H,10H2,1-4H3/t17-/m1/s1. The second-order valence-electron chi connectivity index (χ2n) is 6.27. The minimum atomic E-state index is -0.660. The van der Waals surface area contributed by atoms with Crippen molar-refractivity contribution in [2.75, 3.05) is 13.7 Å². The first-order valence-corrected chi connectivity index (χ1v) is 7.01. The number of aliphatic imine (C=N–C) groups is 1. The van der Waals surface area contributed by atoms with Crippen molar-refractivity contribution in [3.05, 3.63) is 47.2 Å². The molecule has 0 bridgehead atoms. The maximum absolute atomic E-state index is 12.2. The van der Waals surface area contributed by atoms with Crippen LogP contribution in [0.2, 0.25) is 0 Å². The van der Waals surface area contributed by atoms with E-state index in [0.29, 0.717) is 23.8 Å². The summed E-state index contributed by atoms with van der Waals surface area (Å²) >= 11 is 0. The average molecular weight is 285 g/mol. The normalized spacial score (nSPS) is 26.6. The first kappa shape index (κ1) is 13.9. The van der Waals surface area contributed by atoms with Crippen LogP contribution in [0.3, 0.4) is 0 Å². The van der Waals surface area contributed by atoms with Gasteiger partial charge in [-0.15, -0.1) is 0 Å². The van der Waals surface area contributed by atoms with Crippen molar-refractivity contribution < 1.29 is 14.3 Å². The molecular weight excluding hydrogens is 266 g/mol. The number of ketones is 1. The molecule has 1 aliphatic heterocycles. The molecule has 1 aromatic carbocycles. The zero-order valence-corrected chi connectivity index (χ0v) is 12.8. The molecule has 0 saturated carbocycles. The van der Waals surface area contributed by atoms with Crippen LogP contribution in [0, 0.1) is 0 Å². The van der Waals surface area contributed by atoms with E-state index >= 15 is 0 Å². The molecule has 0 radical (unpaired) electrons. The Labute approximate surface area is 124 Å². The number of carbonyl (C=O) groups excluding carboxylic acids is 1. The molecule has 4 heteroatoms. The summed E-state index contributed by atoms with van der Waals surface area (Å²) in [7, 11) is 1.58. The lowest BCUT2D eigenvalue weighted by atomic mass is 9.73. The van der Waals surface area contributed by atoms with Crippen LogP contribution in [0.5, 0.6) is 0 Å². The highest BCUT2D eigenvalue weighted by Crippen LogP contribution is 2.42. The van der Waals surface area contributed by atoms with Gasteiger partial charge >= 0.3 is 0 Å². The van der Waals surface area contributed by atoms with E-state index in [-0.39, 0.29) is 11.3 Å². The maximum atomic E-state index is 12.2. The molecule has 0 unspecified atom stereocenters. The largest absolute Gasteiger partial charge is 0.499 e. The minimum absolute atomic E-state index is 0.0437. The zero-order valence-electron chi connectivity index (χ0n) is 12.8. The predicted octanol–water partition coefficient (Wildman–Crippen LogP) is 2.88. The molecule has 0 saturated heterocycles. The van der Waals surface area contributed by atoms with Crippen molar-refractivity contribution in [2.24, 2.45) is 4.99 Å². The summed E-state index contributed by atoms with van der Waals surface area (Å²) < 4.78 is 11.3. The lowest BCUT2D eigenvalue weighted by molar-refractivity contribution is 0.102. The fraction of sp³-hybridized carbons (Fsp3) is 0.412. The van der Waals surface area contributed by atoms with Crippen LogP contribution in [0.25, 0.3) is 0 Å². The Morgan fingerprint density at radius 1 is 1.24 bits per heavy atom. The zero-order chi connectivity index (χ0) is 15.3. The van der Waals surface area contributed by atoms with Gasteiger partial charge in [-0.3, -0.25) is 4.79 Å². The minimum Gasteiger partial charge on any atom is -0.499 e. The summed E-state index contributed by atoms with van der Waals surface area (Å²) in [5.74, 6) is 1.14. The summed E-state index contributed by atoms with van der Waals surface area (Å²) in [5.41, 5.74) is 0.642. The predicted molar refractivity (Wildman–Crippen MR) is 80.7 cm³/mol. The number of carbonyl (C=O) groups is 1. The number of nitrogens with zero attached hydrogens (tertiary/aromatic N) is 1. The third-order valence-corrected chi connectivity index (χ3v) is 4.10. The number of ether oxygens (including phenoxy) is 2. The first-order valence-electron chi connectivity index (χ1n) is 7.01.